The number of benzene rings is 1. The van der Waals surface area contributed by atoms with Gasteiger partial charge >= 0.3 is 0 Å². The summed E-state index contributed by atoms with van der Waals surface area (Å²) in [6.07, 6.45) is 2.53. The second kappa shape index (κ2) is 8.28. The van der Waals surface area contributed by atoms with Gasteiger partial charge in [0.1, 0.15) is 5.69 Å². The summed E-state index contributed by atoms with van der Waals surface area (Å²) in [6, 6.07) is 16.5. The lowest BCUT2D eigenvalue weighted by molar-refractivity contribution is -0.384. The lowest BCUT2D eigenvalue weighted by atomic mass is 10.2. The molecule has 140 valence electrons. The Morgan fingerprint density at radius 2 is 1.93 bits per heavy atom. The third-order valence-electron chi connectivity index (χ3n) is 4.18. The molecule has 0 saturated carbocycles. The maximum Gasteiger partial charge on any atom is 0.294 e. The average Bonchev–Trinajstić information content (AvgIpc) is 3.37. The van der Waals surface area contributed by atoms with Crippen molar-refractivity contribution in [3.8, 4) is 10.6 Å². The van der Waals surface area contributed by atoms with Gasteiger partial charge in [0.05, 0.1) is 15.5 Å². The fraction of sp³-hybridized carbons (Fsp3) is 0.100. The number of thiazole rings is 1. The highest BCUT2D eigenvalue weighted by Gasteiger charge is 2.14. The number of nitrogens with zero attached hydrogens (tertiary/aromatic N) is 4. The molecule has 0 N–H and O–H groups in total. The van der Waals surface area contributed by atoms with Crippen LogP contribution in [0.1, 0.15) is 5.69 Å². The Labute approximate surface area is 169 Å². The van der Waals surface area contributed by atoms with Gasteiger partial charge in [-0.2, -0.15) is 0 Å². The molecule has 4 aromatic rings. The first-order valence-corrected chi connectivity index (χ1v) is 10.4. The van der Waals surface area contributed by atoms with Gasteiger partial charge in [-0.05, 0) is 29.6 Å². The molecule has 0 radical (unpaired) electrons. The van der Waals surface area contributed by atoms with E-state index in [2.05, 4.69) is 26.0 Å². The summed E-state index contributed by atoms with van der Waals surface area (Å²) in [5.41, 5.74) is 2.42. The molecule has 0 spiro atoms. The SMILES string of the molecule is O=[N+]([O-])c1ccccc1N=c1scc(-c2cccs2)n1CCc1ccccn1. The number of aryl methyl sites for hydroxylation is 1. The molecule has 0 aliphatic rings. The summed E-state index contributed by atoms with van der Waals surface area (Å²) in [4.78, 5) is 21.8. The molecule has 8 heteroatoms. The number of hydrogen-bond acceptors (Lipinski definition) is 6. The van der Waals surface area contributed by atoms with E-state index in [1.54, 1.807) is 35.7 Å². The van der Waals surface area contributed by atoms with Crippen molar-refractivity contribution in [2.75, 3.05) is 0 Å². The summed E-state index contributed by atoms with van der Waals surface area (Å²) < 4.78 is 2.11. The first kappa shape index (κ1) is 18.3. The van der Waals surface area contributed by atoms with Crippen LogP contribution in [0.25, 0.3) is 10.6 Å². The summed E-state index contributed by atoms with van der Waals surface area (Å²) in [6.45, 7) is 0.688. The van der Waals surface area contributed by atoms with Gasteiger partial charge in [-0.3, -0.25) is 15.1 Å². The number of pyridine rings is 1. The average molecular weight is 409 g/mol. The Morgan fingerprint density at radius 1 is 1.07 bits per heavy atom. The van der Waals surface area contributed by atoms with Gasteiger partial charge in [0.15, 0.2) is 4.80 Å². The fourth-order valence-electron chi connectivity index (χ4n) is 2.85. The molecule has 0 aliphatic heterocycles. The molecule has 0 atom stereocenters. The highest BCUT2D eigenvalue weighted by Crippen LogP contribution is 2.28. The molecule has 1 aromatic carbocycles. The summed E-state index contributed by atoms with van der Waals surface area (Å²) in [5.74, 6) is 0. The predicted octanol–water partition coefficient (Wildman–Crippen LogP) is 5.06. The molecule has 0 bridgehead atoms. The standard InChI is InChI=1S/C20H16N4O2S2/c25-24(26)17-8-2-1-7-16(17)22-20-23(12-10-15-6-3-4-11-21-15)18(14-28-20)19-9-5-13-27-19/h1-9,11,13-14H,10,12H2. The maximum absolute atomic E-state index is 11.3. The molecular formula is C20H16N4O2S2. The van der Waals surface area contributed by atoms with Gasteiger partial charge in [-0.15, -0.1) is 22.7 Å². The van der Waals surface area contributed by atoms with Gasteiger partial charge in [-0.25, -0.2) is 4.99 Å². The zero-order chi connectivity index (χ0) is 19.3. The zero-order valence-corrected chi connectivity index (χ0v) is 16.4. The number of nitro groups is 1. The van der Waals surface area contributed by atoms with Crippen molar-refractivity contribution in [1.29, 1.82) is 0 Å². The Hall–Kier alpha value is -3.10. The molecule has 0 amide bonds. The van der Waals surface area contributed by atoms with E-state index in [1.165, 1.54) is 17.4 Å². The van der Waals surface area contributed by atoms with E-state index in [1.807, 2.05) is 29.6 Å². The molecule has 0 unspecified atom stereocenters. The van der Waals surface area contributed by atoms with Crippen molar-refractivity contribution >= 4 is 34.0 Å². The Bertz CT molecular complexity index is 1150. The van der Waals surface area contributed by atoms with Crippen molar-refractivity contribution in [1.82, 2.24) is 9.55 Å². The highest BCUT2D eigenvalue weighted by molar-refractivity contribution is 7.14. The molecule has 0 aliphatic carbocycles. The van der Waals surface area contributed by atoms with E-state index in [0.29, 0.717) is 12.2 Å². The Morgan fingerprint density at radius 3 is 2.68 bits per heavy atom. The minimum absolute atomic E-state index is 0.00449. The van der Waals surface area contributed by atoms with Crippen LogP contribution < -0.4 is 4.80 Å². The quantitative estimate of drug-likeness (QED) is 0.331. The molecule has 0 fully saturated rings. The van der Waals surface area contributed by atoms with E-state index in [0.717, 1.165) is 27.5 Å². The van der Waals surface area contributed by atoms with Crippen LogP contribution >= 0.6 is 22.7 Å². The number of hydrogen-bond donors (Lipinski definition) is 0. The van der Waals surface area contributed by atoms with Crippen LogP contribution in [0.4, 0.5) is 11.4 Å². The number of nitro benzene ring substituents is 1. The molecule has 4 rings (SSSR count). The van der Waals surface area contributed by atoms with Gasteiger partial charge in [-0.1, -0.05) is 24.3 Å². The summed E-state index contributed by atoms with van der Waals surface area (Å²) in [5, 5.41) is 15.4. The zero-order valence-electron chi connectivity index (χ0n) is 14.8. The summed E-state index contributed by atoms with van der Waals surface area (Å²) >= 11 is 3.14. The van der Waals surface area contributed by atoms with Crippen LogP contribution in [-0.2, 0) is 13.0 Å². The van der Waals surface area contributed by atoms with Gasteiger partial charge in [0, 0.05) is 36.3 Å². The van der Waals surface area contributed by atoms with E-state index < -0.39 is 4.92 Å². The lowest BCUT2D eigenvalue weighted by Gasteiger charge is -2.08. The second-order valence-electron chi connectivity index (χ2n) is 5.96. The van der Waals surface area contributed by atoms with Crippen LogP contribution in [0.5, 0.6) is 0 Å². The largest absolute Gasteiger partial charge is 0.315 e. The fourth-order valence-corrected chi connectivity index (χ4v) is 4.61. The second-order valence-corrected chi connectivity index (χ2v) is 7.75. The van der Waals surface area contributed by atoms with E-state index in [9.17, 15) is 10.1 Å². The van der Waals surface area contributed by atoms with Gasteiger partial charge < -0.3 is 4.57 Å². The van der Waals surface area contributed by atoms with E-state index in [4.69, 9.17) is 0 Å². The van der Waals surface area contributed by atoms with Gasteiger partial charge in [0.2, 0.25) is 0 Å². The number of thiophene rings is 1. The minimum atomic E-state index is -0.398. The third-order valence-corrected chi connectivity index (χ3v) is 5.94. The Balaban J connectivity index is 1.78. The first-order chi connectivity index (χ1) is 13.7. The Kier molecular flexibility index (Phi) is 5.41. The lowest BCUT2D eigenvalue weighted by Crippen LogP contribution is -2.17. The molecule has 28 heavy (non-hydrogen) atoms. The van der Waals surface area contributed by atoms with Crippen LogP contribution in [-0.4, -0.2) is 14.5 Å². The van der Waals surface area contributed by atoms with Gasteiger partial charge in [0.25, 0.3) is 5.69 Å². The number of aromatic nitrogens is 2. The van der Waals surface area contributed by atoms with Crippen LogP contribution in [0.3, 0.4) is 0 Å². The van der Waals surface area contributed by atoms with Crippen LogP contribution in [0.2, 0.25) is 0 Å². The first-order valence-electron chi connectivity index (χ1n) is 8.62. The molecular weight excluding hydrogens is 392 g/mol. The maximum atomic E-state index is 11.3. The minimum Gasteiger partial charge on any atom is -0.315 e. The van der Waals surface area contributed by atoms with Crippen molar-refractivity contribution < 1.29 is 4.92 Å². The monoisotopic (exact) mass is 408 g/mol. The number of rotatable bonds is 6. The topological polar surface area (TPSA) is 73.3 Å². The van der Waals surface area contributed by atoms with Crippen LogP contribution in [0, 0.1) is 10.1 Å². The smallest absolute Gasteiger partial charge is 0.294 e. The molecule has 6 nitrogen and oxygen atoms in total. The molecule has 0 saturated heterocycles. The number of para-hydroxylation sites is 2. The third kappa shape index (κ3) is 3.92. The van der Waals surface area contributed by atoms with E-state index >= 15 is 0 Å². The van der Waals surface area contributed by atoms with Crippen molar-refractivity contribution in [3.63, 3.8) is 0 Å². The predicted molar refractivity (Wildman–Crippen MR) is 112 cm³/mol. The molecule has 3 aromatic heterocycles. The molecule has 3 heterocycles. The normalized spacial score (nSPS) is 11.6. The van der Waals surface area contributed by atoms with Crippen molar-refractivity contribution in [2.24, 2.45) is 4.99 Å². The summed E-state index contributed by atoms with van der Waals surface area (Å²) in [7, 11) is 0. The van der Waals surface area contributed by atoms with Crippen molar-refractivity contribution in [3.05, 3.63) is 92.2 Å². The van der Waals surface area contributed by atoms with Crippen LogP contribution in [0.15, 0.2) is 76.5 Å². The highest BCUT2D eigenvalue weighted by atomic mass is 32.1. The van der Waals surface area contributed by atoms with Crippen molar-refractivity contribution in [2.45, 2.75) is 13.0 Å². The van der Waals surface area contributed by atoms with E-state index in [-0.39, 0.29) is 5.69 Å².